The minimum atomic E-state index is -0.429. The van der Waals surface area contributed by atoms with Crippen LogP contribution in [0.5, 0.6) is 11.6 Å². The van der Waals surface area contributed by atoms with Gasteiger partial charge in [0.2, 0.25) is 5.88 Å². The maximum absolute atomic E-state index is 13.5. The third kappa shape index (κ3) is 3.04. The van der Waals surface area contributed by atoms with E-state index in [0.717, 1.165) is 10.2 Å². The molecule has 2 nitrogen and oxygen atoms in total. The van der Waals surface area contributed by atoms with Crippen molar-refractivity contribution < 1.29 is 9.13 Å². The Morgan fingerprint density at radius 1 is 1.18 bits per heavy atom. The molecule has 0 radical (unpaired) electrons. The minimum Gasteiger partial charge on any atom is -0.436 e. The molecular formula is C12H8Br2FNO. The molecule has 0 N–H and O–H groups in total. The van der Waals surface area contributed by atoms with Crippen LogP contribution in [0.25, 0.3) is 0 Å². The van der Waals surface area contributed by atoms with E-state index in [4.69, 9.17) is 4.74 Å². The van der Waals surface area contributed by atoms with Gasteiger partial charge in [0.05, 0.1) is 5.69 Å². The average molecular weight is 361 g/mol. The normalized spacial score (nSPS) is 10.4. The topological polar surface area (TPSA) is 22.1 Å². The molecule has 1 heterocycles. The molecule has 1 aromatic carbocycles. The van der Waals surface area contributed by atoms with Gasteiger partial charge < -0.3 is 4.74 Å². The Balaban J connectivity index is 2.28. The lowest BCUT2D eigenvalue weighted by Crippen LogP contribution is -1.92. The van der Waals surface area contributed by atoms with Crippen LogP contribution in [0.4, 0.5) is 4.39 Å². The lowest BCUT2D eigenvalue weighted by Gasteiger charge is -2.07. The number of benzene rings is 1. The highest BCUT2D eigenvalue weighted by atomic mass is 79.9. The smallest absolute Gasteiger partial charge is 0.219 e. The van der Waals surface area contributed by atoms with Crippen LogP contribution in [0.3, 0.4) is 0 Å². The van der Waals surface area contributed by atoms with Crippen LogP contribution >= 0.6 is 31.9 Å². The maximum atomic E-state index is 13.5. The van der Waals surface area contributed by atoms with Gasteiger partial charge in [-0.2, -0.15) is 0 Å². The SMILES string of the molecule is Cc1nc(Oc2ccc(Br)cc2F)ccc1Br. The molecule has 2 aromatic rings. The zero-order chi connectivity index (χ0) is 12.4. The van der Waals surface area contributed by atoms with Gasteiger partial charge in [0.1, 0.15) is 0 Å². The fourth-order valence-corrected chi connectivity index (χ4v) is 1.80. The third-order valence-electron chi connectivity index (χ3n) is 2.10. The Kier molecular flexibility index (Phi) is 3.79. The Hall–Kier alpha value is -0.940. The van der Waals surface area contributed by atoms with E-state index in [1.165, 1.54) is 6.07 Å². The predicted octanol–water partition coefficient (Wildman–Crippen LogP) is 4.85. The Morgan fingerprint density at radius 3 is 2.59 bits per heavy atom. The van der Waals surface area contributed by atoms with E-state index in [1.807, 2.05) is 13.0 Å². The number of hydrogen-bond donors (Lipinski definition) is 0. The molecule has 1 aromatic heterocycles. The number of nitrogens with zero attached hydrogens (tertiary/aromatic N) is 1. The second-order valence-electron chi connectivity index (χ2n) is 3.39. The number of rotatable bonds is 2. The molecule has 5 heteroatoms. The number of aromatic nitrogens is 1. The van der Waals surface area contributed by atoms with Crippen LogP contribution in [-0.2, 0) is 0 Å². The lowest BCUT2D eigenvalue weighted by atomic mass is 10.3. The summed E-state index contributed by atoms with van der Waals surface area (Å²) in [6.07, 6.45) is 0. The molecular weight excluding hydrogens is 353 g/mol. The molecule has 0 fully saturated rings. The molecule has 0 unspecified atom stereocenters. The molecule has 2 rings (SSSR count). The number of ether oxygens (including phenoxy) is 1. The van der Waals surface area contributed by atoms with Crippen molar-refractivity contribution in [3.8, 4) is 11.6 Å². The highest BCUT2D eigenvalue weighted by molar-refractivity contribution is 9.10. The van der Waals surface area contributed by atoms with Crippen molar-refractivity contribution in [1.82, 2.24) is 4.98 Å². The van der Waals surface area contributed by atoms with E-state index in [9.17, 15) is 4.39 Å². The summed E-state index contributed by atoms with van der Waals surface area (Å²) in [6.45, 7) is 1.84. The number of pyridine rings is 1. The summed E-state index contributed by atoms with van der Waals surface area (Å²) in [7, 11) is 0. The molecule has 0 spiro atoms. The van der Waals surface area contributed by atoms with Crippen molar-refractivity contribution in [2.24, 2.45) is 0 Å². The van der Waals surface area contributed by atoms with Crippen LogP contribution in [0.1, 0.15) is 5.69 Å². The summed E-state index contributed by atoms with van der Waals surface area (Å²) in [5.41, 5.74) is 0.792. The standard InChI is InChI=1S/C12H8Br2FNO/c1-7-9(14)3-5-12(16-7)17-11-4-2-8(13)6-10(11)15/h2-6H,1H3. The Morgan fingerprint density at radius 2 is 1.94 bits per heavy atom. The van der Waals surface area contributed by atoms with Crippen LogP contribution < -0.4 is 4.74 Å². The largest absolute Gasteiger partial charge is 0.436 e. The summed E-state index contributed by atoms with van der Waals surface area (Å²) < 4.78 is 20.5. The summed E-state index contributed by atoms with van der Waals surface area (Å²) in [4.78, 5) is 4.18. The van der Waals surface area contributed by atoms with Crippen molar-refractivity contribution in [2.45, 2.75) is 6.92 Å². The third-order valence-corrected chi connectivity index (χ3v) is 3.44. The van der Waals surface area contributed by atoms with E-state index >= 15 is 0 Å². The van der Waals surface area contributed by atoms with Gasteiger partial charge in [0.15, 0.2) is 11.6 Å². The monoisotopic (exact) mass is 359 g/mol. The molecule has 0 saturated heterocycles. The number of halogens is 3. The first-order valence-electron chi connectivity index (χ1n) is 4.82. The van der Waals surface area contributed by atoms with Gasteiger partial charge in [-0.3, -0.25) is 0 Å². The summed E-state index contributed by atoms with van der Waals surface area (Å²) in [5, 5.41) is 0. The van der Waals surface area contributed by atoms with E-state index < -0.39 is 5.82 Å². The number of hydrogen-bond acceptors (Lipinski definition) is 2. The lowest BCUT2D eigenvalue weighted by molar-refractivity contribution is 0.426. The highest BCUT2D eigenvalue weighted by Gasteiger charge is 2.07. The molecule has 0 atom stereocenters. The number of aryl methyl sites for hydroxylation is 1. The molecule has 17 heavy (non-hydrogen) atoms. The van der Waals surface area contributed by atoms with E-state index in [0.29, 0.717) is 10.4 Å². The van der Waals surface area contributed by atoms with E-state index in [2.05, 4.69) is 36.8 Å². The highest BCUT2D eigenvalue weighted by Crippen LogP contribution is 2.27. The van der Waals surface area contributed by atoms with Crippen LogP contribution in [-0.4, -0.2) is 4.98 Å². The first kappa shape index (κ1) is 12.5. The van der Waals surface area contributed by atoms with Gasteiger partial charge in [0, 0.05) is 15.0 Å². The van der Waals surface area contributed by atoms with Crippen molar-refractivity contribution in [3.63, 3.8) is 0 Å². The Labute approximate surface area is 115 Å². The predicted molar refractivity (Wildman–Crippen MR) is 70.8 cm³/mol. The second-order valence-corrected chi connectivity index (χ2v) is 5.16. The Bertz CT molecular complexity index is 560. The summed E-state index contributed by atoms with van der Waals surface area (Å²) in [6, 6.07) is 8.11. The van der Waals surface area contributed by atoms with Gasteiger partial charge in [-0.25, -0.2) is 9.37 Å². The quantitative estimate of drug-likeness (QED) is 0.763. The summed E-state index contributed by atoms with van der Waals surface area (Å²) >= 11 is 6.53. The van der Waals surface area contributed by atoms with E-state index in [-0.39, 0.29) is 5.75 Å². The van der Waals surface area contributed by atoms with Crippen molar-refractivity contribution >= 4 is 31.9 Å². The minimum absolute atomic E-state index is 0.155. The molecule has 0 aliphatic heterocycles. The van der Waals surface area contributed by atoms with Crippen molar-refractivity contribution in [3.05, 3.63) is 50.8 Å². The second kappa shape index (κ2) is 5.14. The van der Waals surface area contributed by atoms with Gasteiger partial charge in [-0.1, -0.05) is 15.9 Å². The molecule has 0 aliphatic carbocycles. The van der Waals surface area contributed by atoms with Gasteiger partial charge in [-0.15, -0.1) is 0 Å². The molecule has 0 aliphatic rings. The molecule has 0 amide bonds. The van der Waals surface area contributed by atoms with Crippen LogP contribution in [0.15, 0.2) is 39.3 Å². The van der Waals surface area contributed by atoms with Crippen molar-refractivity contribution in [2.75, 3.05) is 0 Å². The van der Waals surface area contributed by atoms with Crippen molar-refractivity contribution in [1.29, 1.82) is 0 Å². The van der Waals surface area contributed by atoms with Crippen LogP contribution in [0, 0.1) is 12.7 Å². The average Bonchev–Trinajstić information content (AvgIpc) is 2.27. The van der Waals surface area contributed by atoms with Gasteiger partial charge in [0.25, 0.3) is 0 Å². The fourth-order valence-electron chi connectivity index (χ4n) is 1.25. The fraction of sp³-hybridized carbons (Fsp3) is 0.0833. The molecule has 0 saturated carbocycles. The summed E-state index contributed by atoms with van der Waals surface area (Å²) in [5.74, 6) is 0.0936. The first-order valence-corrected chi connectivity index (χ1v) is 6.41. The van der Waals surface area contributed by atoms with Crippen LogP contribution in [0.2, 0.25) is 0 Å². The first-order chi connectivity index (χ1) is 8.06. The van der Waals surface area contributed by atoms with Gasteiger partial charge in [-0.05, 0) is 47.1 Å². The molecule has 88 valence electrons. The van der Waals surface area contributed by atoms with E-state index in [1.54, 1.807) is 18.2 Å². The maximum Gasteiger partial charge on any atom is 0.219 e. The molecule has 0 bridgehead atoms. The zero-order valence-corrected chi connectivity index (χ0v) is 12.0. The van der Waals surface area contributed by atoms with Gasteiger partial charge >= 0.3 is 0 Å². The zero-order valence-electron chi connectivity index (χ0n) is 8.88.